The maximum Gasteiger partial charge on any atom is 0.165 e. The fourth-order valence-electron chi connectivity index (χ4n) is 2.22. The summed E-state index contributed by atoms with van der Waals surface area (Å²) in [4.78, 5) is 13.8. The van der Waals surface area contributed by atoms with Crippen molar-refractivity contribution in [2.24, 2.45) is 0 Å². The minimum atomic E-state index is -0.0528. The number of carbonyl (C=O) groups excluding carboxylic acids is 1. The van der Waals surface area contributed by atoms with Gasteiger partial charge < -0.3 is 9.64 Å². The molecular formula is C17H16N2O2. The molecule has 4 nitrogen and oxygen atoms in total. The van der Waals surface area contributed by atoms with Crippen molar-refractivity contribution in [2.45, 2.75) is 6.92 Å². The number of rotatable bonds is 4. The van der Waals surface area contributed by atoms with Crippen molar-refractivity contribution < 1.29 is 9.53 Å². The van der Waals surface area contributed by atoms with Crippen molar-refractivity contribution in [1.82, 2.24) is 0 Å². The zero-order chi connectivity index (χ0) is 15.4. The fraction of sp³-hybridized carbons (Fsp3) is 0.176. The Bertz CT molecular complexity index is 700. The first kappa shape index (κ1) is 14.6. The molecule has 106 valence electrons. The average Bonchev–Trinajstić information content (AvgIpc) is 2.53. The number of hydrogen-bond donors (Lipinski definition) is 0. The van der Waals surface area contributed by atoms with Crippen LogP contribution in [0.15, 0.2) is 42.5 Å². The Labute approximate surface area is 124 Å². The van der Waals surface area contributed by atoms with Gasteiger partial charge in [-0.3, -0.25) is 4.79 Å². The predicted octanol–water partition coefficient (Wildman–Crippen LogP) is 3.54. The van der Waals surface area contributed by atoms with Gasteiger partial charge in [0.15, 0.2) is 5.78 Å². The Balaban J connectivity index is 2.49. The first-order valence-corrected chi connectivity index (χ1v) is 6.50. The predicted molar refractivity (Wildman–Crippen MR) is 82.2 cm³/mol. The zero-order valence-electron chi connectivity index (χ0n) is 12.3. The molecule has 0 aromatic heterocycles. The molecule has 2 rings (SSSR count). The summed E-state index contributed by atoms with van der Waals surface area (Å²) in [6, 6.07) is 14.8. The van der Waals surface area contributed by atoms with Crippen LogP contribution in [-0.4, -0.2) is 19.9 Å². The third-order valence-corrected chi connectivity index (χ3v) is 3.32. The Morgan fingerprint density at radius 3 is 2.38 bits per heavy atom. The topological polar surface area (TPSA) is 53.3 Å². The molecule has 0 heterocycles. The van der Waals surface area contributed by atoms with Gasteiger partial charge in [-0.05, 0) is 43.3 Å². The van der Waals surface area contributed by atoms with Gasteiger partial charge in [0.2, 0.25) is 0 Å². The van der Waals surface area contributed by atoms with Crippen LogP contribution in [0.2, 0.25) is 0 Å². The van der Waals surface area contributed by atoms with Crippen LogP contribution in [-0.2, 0) is 0 Å². The second kappa shape index (κ2) is 6.10. The summed E-state index contributed by atoms with van der Waals surface area (Å²) in [5, 5.41) is 8.84. The van der Waals surface area contributed by atoms with E-state index in [-0.39, 0.29) is 5.78 Å². The number of methoxy groups -OCH3 is 1. The average molecular weight is 280 g/mol. The summed E-state index contributed by atoms with van der Waals surface area (Å²) in [5.74, 6) is 0.503. The van der Waals surface area contributed by atoms with Crippen LogP contribution in [0.5, 0.6) is 5.75 Å². The van der Waals surface area contributed by atoms with Gasteiger partial charge in [0.25, 0.3) is 0 Å². The number of nitriles is 1. The lowest BCUT2D eigenvalue weighted by Gasteiger charge is -2.23. The number of nitrogens with zero attached hydrogens (tertiary/aromatic N) is 2. The lowest BCUT2D eigenvalue weighted by Crippen LogP contribution is -2.14. The molecule has 0 spiro atoms. The normalized spacial score (nSPS) is 9.81. The zero-order valence-corrected chi connectivity index (χ0v) is 12.3. The molecule has 0 saturated heterocycles. The number of ketones is 1. The molecule has 0 fully saturated rings. The van der Waals surface area contributed by atoms with Crippen molar-refractivity contribution in [3.05, 3.63) is 53.6 Å². The maximum absolute atomic E-state index is 11.9. The summed E-state index contributed by atoms with van der Waals surface area (Å²) in [6.07, 6.45) is 0. The van der Waals surface area contributed by atoms with E-state index in [9.17, 15) is 4.79 Å². The SMILES string of the molecule is COc1cccc(N(C)c2ccc(C#N)cc2)c1C(C)=O. The van der Waals surface area contributed by atoms with Crippen molar-refractivity contribution >= 4 is 17.2 Å². The molecule has 0 aliphatic heterocycles. The number of Topliss-reactive ketones (excluding diaryl/α,β-unsaturated/α-hetero) is 1. The van der Waals surface area contributed by atoms with Gasteiger partial charge in [-0.15, -0.1) is 0 Å². The van der Waals surface area contributed by atoms with E-state index >= 15 is 0 Å². The Morgan fingerprint density at radius 2 is 1.86 bits per heavy atom. The van der Waals surface area contributed by atoms with E-state index in [4.69, 9.17) is 10.00 Å². The molecule has 0 saturated carbocycles. The van der Waals surface area contributed by atoms with Crippen LogP contribution in [0.4, 0.5) is 11.4 Å². The molecule has 2 aromatic rings. The third-order valence-electron chi connectivity index (χ3n) is 3.32. The Kier molecular flexibility index (Phi) is 4.24. The highest BCUT2D eigenvalue weighted by Crippen LogP contribution is 2.33. The van der Waals surface area contributed by atoms with Gasteiger partial charge in [0, 0.05) is 12.7 Å². The van der Waals surface area contributed by atoms with Crippen molar-refractivity contribution in [2.75, 3.05) is 19.1 Å². The largest absolute Gasteiger partial charge is 0.496 e. The van der Waals surface area contributed by atoms with Crippen molar-refractivity contribution in [1.29, 1.82) is 5.26 Å². The molecule has 0 N–H and O–H groups in total. The van der Waals surface area contributed by atoms with Gasteiger partial charge in [0.05, 0.1) is 30.0 Å². The summed E-state index contributed by atoms with van der Waals surface area (Å²) < 4.78 is 5.28. The molecule has 0 radical (unpaired) electrons. The van der Waals surface area contributed by atoms with E-state index in [1.54, 1.807) is 25.3 Å². The first-order valence-electron chi connectivity index (χ1n) is 6.50. The van der Waals surface area contributed by atoms with Crippen LogP contribution in [0.25, 0.3) is 0 Å². The van der Waals surface area contributed by atoms with Gasteiger partial charge in [-0.25, -0.2) is 0 Å². The Morgan fingerprint density at radius 1 is 1.19 bits per heavy atom. The molecule has 0 amide bonds. The van der Waals surface area contributed by atoms with Gasteiger partial charge in [-0.2, -0.15) is 5.26 Å². The number of benzene rings is 2. The highest BCUT2D eigenvalue weighted by Gasteiger charge is 2.17. The third kappa shape index (κ3) is 2.87. The highest BCUT2D eigenvalue weighted by molar-refractivity contribution is 6.03. The molecular weight excluding hydrogens is 264 g/mol. The highest BCUT2D eigenvalue weighted by atomic mass is 16.5. The van der Waals surface area contributed by atoms with Gasteiger partial charge in [0.1, 0.15) is 5.75 Å². The Hall–Kier alpha value is -2.80. The molecule has 0 aliphatic rings. The second-order valence-electron chi connectivity index (χ2n) is 4.63. The van der Waals surface area contributed by atoms with Crippen LogP contribution in [0.1, 0.15) is 22.8 Å². The molecule has 4 heteroatoms. The summed E-state index contributed by atoms with van der Waals surface area (Å²) in [7, 11) is 3.43. The van der Waals surface area contributed by atoms with E-state index in [1.165, 1.54) is 6.92 Å². The lowest BCUT2D eigenvalue weighted by molar-refractivity contribution is 0.101. The van der Waals surface area contributed by atoms with E-state index in [0.717, 1.165) is 11.4 Å². The first-order chi connectivity index (χ1) is 10.1. The minimum Gasteiger partial charge on any atom is -0.496 e. The quantitative estimate of drug-likeness (QED) is 0.804. The van der Waals surface area contributed by atoms with Crippen molar-refractivity contribution in [3.8, 4) is 11.8 Å². The van der Waals surface area contributed by atoms with Gasteiger partial charge >= 0.3 is 0 Å². The smallest absolute Gasteiger partial charge is 0.165 e. The monoisotopic (exact) mass is 280 g/mol. The number of hydrogen-bond acceptors (Lipinski definition) is 4. The van der Waals surface area contributed by atoms with Crippen LogP contribution < -0.4 is 9.64 Å². The minimum absolute atomic E-state index is 0.0528. The standard InChI is InChI=1S/C17H16N2O2/c1-12(20)17-15(5-4-6-16(17)21-3)19(2)14-9-7-13(11-18)8-10-14/h4-10H,1-3H3. The second-order valence-corrected chi connectivity index (χ2v) is 4.63. The summed E-state index contributed by atoms with van der Waals surface area (Å²) >= 11 is 0. The molecule has 0 bridgehead atoms. The van der Waals surface area contributed by atoms with Crippen LogP contribution in [0.3, 0.4) is 0 Å². The molecule has 2 aromatic carbocycles. The number of ether oxygens (including phenoxy) is 1. The molecule has 21 heavy (non-hydrogen) atoms. The van der Waals surface area contributed by atoms with Crippen molar-refractivity contribution in [3.63, 3.8) is 0 Å². The number of anilines is 2. The number of carbonyl (C=O) groups is 1. The van der Waals surface area contributed by atoms with E-state index < -0.39 is 0 Å². The van der Waals surface area contributed by atoms with E-state index in [0.29, 0.717) is 16.9 Å². The molecule has 0 aliphatic carbocycles. The lowest BCUT2D eigenvalue weighted by atomic mass is 10.1. The molecule has 0 atom stereocenters. The fourth-order valence-corrected chi connectivity index (χ4v) is 2.22. The van der Waals surface area contributed by atoms with Crippen LogP contribution >= 0.6 is 0 Å². The van der Waals surface area contributed by atoms with E-state index in [1.807, 2.05) is 36.2 Å². The molecule has 0 unspecified atom stereocenters. The van der Waals surface area contributed by atoms with E-state index in [2.05, 4.69) is 6.07 Å². The van der Waals surface area contributed by atoms with Gasteiger partial charge in [-0.1, -0.05) is 6.07 Å². The maximum atomic E-state index is 11.9. The summed E-state index contributed by atoms with van der Waals surface area (Å²) in [5.41, 5.74) is 2.81. The van der Waals surface area contributed by atoms with Crippen LogP contribution in [0, 0.1) is 11.3 Å². The summed E-state index contributed by atoms with van der Waals surface area (Å²) in [6.45, 7) is 1.52.